The van der Waals surface area contributed by atoms with E-state index in [0.29, 0.717) is 24.2 Å². The van der Waals surface area contributed by atoms with Crippen molar-refractivity contribution >= 4 is 11.5 Å². The van der Waals surface area contributed by atoms with Crippen LogP contribution < -0.4 is 4.74 Å². The molecule has 0 radical (unpaired) electrons. The number of ether oxygens (including phenoxy) is 3. The number of imidazole rings is 1. The van der Waals surface area contributed by atoms with Gasteiger partial charge in [0.1, 0.15) is 11.6 Å². The number of nitrogens with zero attached hydrogens (tertiary/aromatic N) is 2. The third-order valence-corrected chi connectivity index (χ3v) is 7.27. The zero-order valence-electron chi connectivity index (χ0n) is 21.7. The number of methoxy groups -OCH3 is 1. The number of halogens is 4. The average molecular weight is 545 g/mol. The fraction of sp³-hybridized carbons (Fsp3) is 0.379. The first kappa shape index (κ1) is 26.9. The molecule has 0 bridgehead atoms. The summed E-state index contributed by atoms with van der Waals surface area (Å²) in [4.78, 5) is 16.2. The molecule has 39 heavy (non-hydrogen) atoms. The first-order chi connectivity index (χ1) is 18.5. The van der Waals surface area contributed by atoms with E-state index >= 15 is 0 Å². The van der Waals surface area contributed by atoms with E-state index in [1.165, 1.54) is 25.4 Å². The molecule has 3 atom stereocenters. The molecule has 10 heteroatoms. The van der Waals surface area contributed by atoms with Crippen LogP contribution in [0.15, 0.2) is 60.9 Å². The zero-order chi connectivity index (χ0) is 27.9. The zero-order valence-corrected chi connectivity index (χ0v) is 21.7. The topological polar surface area (TPSA) is 62.6 Å². The van der Waals surface area contributed by atoms with Gasteiger partial charge in [0.2, 0.25) is 5.82 Å². The van der Waals surface area contributed by atoms with Gasteiger partial charge in [-0.1, -0.05) is 12.1 Å². The van der Waals surface area contributed by atoms with Gasteiger partial charge >= 0.3 is 12.1 Å². The Labute approximate surface area is 223 Å². The summed E-state index contributed by atoms with van der Waals surface area (Å²) in [5.41, 5.74) is 1.42. The van der Waals surface area contributed by atoms with Gasteiger partial charge in [0.05, 0.1) is 31.3 Å². The van der Waals surface area contributed by atoms with Crippen molar-refractivity contribution < 1.29 is 36.6 Å². The van der Waals surface area contributed by atoms with E-state index < -0.39 is 35.3 Å². The van der Waals surface area contributed by atoms with E-state index in [0.717, 1.165) is 21.9 Å². The summed E-state index contributed by atoms with van der Waals surface area (Å²) < 4.78 is 73.0. The van der Waals surface area contributed by atoms with Crippen LogP contribution >= 0.6 is 0 Å². The maximum atomic E-state index is 13.7. The van der Waals surface area contributed by atoms with Crippen LogP contribution in [0.1, 0.15) is 49.6 Å². The molecule has 2 heterocycles. The monoisotopic (exact) mass is 544 g/mol. The summed E-state index contributed by atoms with van der Waals surface area (Å²) in [6.07, 6.45) is 0.491. The van der Waals surface area contributed by atoms with E-state index in [-0.39, 0.29) is 24.4 Å². The molecular weight excluding hydrogens is 516 g/mol. The van der Waals surface area contributed by atoms with Gasteiger partial charge in [-0.25, -0.2) is 9.37 Å². The Morgan fingerprint density at radius 3 is 2.59 bits per heavy atom. The molecule has 206 valence electrons. The van der Waals surface area contributed by atoms with E-state index in [1.807, 2.05) is 19.9 Å². The molecule has 3 unspecified atom stereocenters. The average Bonchev–Trinajstić information content (AvgIpc) is 3.63. The smallest absolute Gasteiger partial charge is 0.450 e. The quantitative estimate of drug-likeness (QED) is 0.268. The highest BCUT2D eigenvalue weighted by molar-refractivity contribution is 5.78. The molecular formula is C29H28F4N2O4. The molecule has 1 fully saturated rings. The van der Waals surface area contributed by atoms with E-state index in [4.69, 9.17) is 14.2 Å². The van der Waals surface area contributed by atoms with Gasteiger partial charge in [-0.3, -0.25) is 9.36 Å². The maximum absolute atomic E-state index is 13.7. The van der Waals surface area contributed by atoms with Crippen LogP contribution in [-0.2, 0) is 20.4 Å². The van der Waals surface area contributed by atoms with Crippen LogP contribution in [-0.4, -0.2) is 40.9 Å². The molecule has 3 aromatic rings. The second-order valence-corrected chi connectivity index (χ2v) is 10.1. The Morgan fingerprint density at radius 1 is 1.18 bits per heavy atom. The number of esters is 1. The molecule has 1 saturated carbocycles. The van der Waals surface area contributed by atoms with E-state index in [2.05, 4.69) is 4.98 Å². The maximum Gasteiger partial charge on any atom is 0.450 e. The Hall–Kier alpha value is -3.66. The van der Waals surface area contributed by atoms with Gasteiger partial charge in [0, 0.05) is 29.6 Å². The normalized spacial score (nSPS) is 22.9. The van der Waals surface area contributed by atoms with Crippen molar-refractivity contribution in [3.63, 3.8) is 0 Å². The van der Waals surface area contributed by atoms with Crippen LogP contribution in [0.25, 0.3) is 11.3 Å². The Balaban J connectivity index is 1.61. The lowest BCUT2D eigenvalue weighted by Crippen LogP contribution is -2.34. The largest absolute Gasteiger partial charge is 0.490 e. The number of carbonyl (C=O) groups excluding carboxylic acids is 1. The third kappa shape index (κ3) is 5.05. The summed E-state index contributed by atoms with van der Waals surface area (Å²) in [6.45, 7) is 3.87. The first-order valence-electron chi connectivity index (χ1n) is 12.6. The number of benzene rings is 2. The predicted octanol–water partition coefficient (Wildman–Crippen LogP) is 6.34. The molecule has 0 N–H and O–H groups in total. The molecule has 5 rings (SSSR count). The molecule has 1 aromatic heterocycles. The molecule has 1 aliphatic carbocycles. The van der Waals surface area contributed by atoms with Crippen molar-refractivity contribution in [2.45, 2.75) is 50.5 Å². The molecule has 0 saturated heterocycles. The molecule has 1 aliphatic heterocycles. The Bertz CT molecular complexity index is 1400. The second-order valence-electron chi connectivity index (χ2n) is 10.1. The van der Waals surface area contributed by atoms with E-state index in [1.54, 1.807) is 30.3 Å². The Morgan fingerprint density at radius 2 is 1.92 bits per heavy atom. The van der Waals surface area contributed by atoms with Crippen LogP contribution in [0, 0.1) is 11.7 Å². The van der Waals surface area contributed by atoms with Crippen LogP contribution in [0.5, 0.6) is 5.75 Å². The Kier molecular flexibility index (Phi) is 7.00. The lowest BCUT2D eigenvalue weighted by Gasteiger charge is -2.31. The SMILES string of the molecule is COC(=O)C1CCC2(C=C(c3cc(-n4ccnc4C(F)(F)F)ccc3OC(C)C)CO2)C1c1ccc(F)cc1. The number of hydrogen-bond acceptors (Lipinski definition) is 5. The first-order valence-corrected chi connectivity index (χ1v) is 12.6. The number of aromatic nitrogens is 2. The van der Waals surface area contributed by atoms with Gasteiger partial charge in [-0.2, -0.15) is 13.2 Å². The lowest BCUT2D eigenvalue weighted by atomic mass is 9.79. The summed E-state index contributed by atoms with van der Waals surface area (Å²) in [7, 11) is 1.33. The number of rotatable bonds is 6. The van der Waals surface area contributed by atoms with Crippen molar-refractivity contribution in [3.05, 3.63) is 83.7 Å². The minimum atomic E-state index is -4.63. The summed E-state index contributed by atoms with van der Waals surface area (Å²) in [6, 6.07) is 10.8. The van der Waals surface area contributed by atoms with Gasteiger partial charge in [0.15, 0.2) is 0 Å². The number of carbonyl (C=O) groups is 1. The molecule has 6 nitrogen and oxygen atoms in total. The lowest BCUT2D eigenvalue weighted by molar-refractivity contribution is -0.147. The standard InChI is InChI=1S/C29H28F4N2O4/c1-17(2)39-24-9-8-21(35-13-12-34-27(35)29(31,32)33)14-23(24)19-15-28(38-16-19)11-10-22(26(36)37-3)25(28)18-4-6-20(30)7-5-18/h4-9,12-15,17,22,25H,10-11,16H2,1-3H3. The highest BCUT2D eigenvalue weighted by Crippen LogP contribution is 2.54. The molecule has 2 aliphatic rings. The van der Waals surface area contributed by atoms with Gasteiger partial charge in [-0.15, -0.1) is 0 Å². The number of hydrogen-bond donors (Lipinski definition) is 0. The van der Waals surface area contributed by atoms with E-state index in [9.17, 15) is 22.4 Å². The molecule has 1 spiro atoms. The fourth-order valence-corrected chi connectivity index (χ4v) is 5.70. The summed E-state index contributed by atoms with van der Waals surface area (Å²) in [5.74, 6) is -2.26. The molecule has 2 aromatic carbocycles. The highest BCUT2D eigenvalue weighted by Gasteiger charge is 2.54. The minimum absolute atomic E-state index is 0.152. The van der Waals surface area contributed by atoms with Crippen molar-refractivity contribution in [1.29, 1.82) is 0 Å². The van der Waals surface area contributed by atoms with Crippen molar-refractivity contribution in [3.8, 4) is 11.4 Å². The summed E-state index contributed by atoms with van der Waals surface area (Å²) in [5, 5.41) is 0. The van der Waals surface area contributed by atoms with Gasteiger partial charge in [-0.05, 0) is 74.2 Å². The third-order valence-electron chi connectivity index (χ3n) is 7.27. The summed E-state index contributed by atoms with van der Waals surface area (Å²) >= 11 is 0. The van der Waals surface area contributed by atoms with Crippen molar-refractivity contribution in [2.75, 3.05) is 13.7 Å². The van der Waals surface area contributed by atoms with Crippen LogP contribution in [0.2, 0.25) is 0 Å². The van der Waals surface area contributed by atoms with Gasteiger partial charge in [0.25, 0.3) is 0 Å². The van der Waals surface area contributed by atoms with Crippen molar-refractivity contribution in [1.82, 2.24) is 9.55 Å². The number of alkyl halides is 3. The highest BCUT2D eigenvalue weighted by atomic mass is 19.4. The fourth-order valence-electron chi connectivity index (χ4n) is 5.70. The minimum Gasteiger partial charge on any atom is -0.490 e. The molecule has 0 amide bonds. The van der Waals surface area contributed by atoms with Gasteiger partial charge < -0.3 is 14.2 Å². The predicted molar refractivity (Wildman–Crippen MR) is 135 cm³/mol. The van der Waals surface area contributed by atoms with Crippen LogP contribution in [0.3, 0.4) is 0 Å². The van der Waals surface area contributed by atoms with Crippen molar-refractivity contribution in [2.24, 2.45) is 5.92 Å². The second kappa shape index (κ2) is 10.1. The van der Waals surface area contributed by atoms with Crippen LogP contribution in [0.4, 0.5) is 17.6 Å².